The van der Waals surface area contributed by atoms with E-state index >= 15 is 0 Å². The second-order valence-corrected chi connectivity index (χ2v) is 17.8. The zero-order chi connectivity index (χ0) is 43.8. The van der Waals surface area contributed by atoms with Crippen LogP contribution in [0, 0.1) is 0 Å². The minimum absolute atomic E-state index is 0.0123. The number of phenolic OH excluding ortho intramolecular Hbond substituents is 2. The van der Waals surface area contributed by atoms with Gasteiger partial charge in [-0.25, -0.2) is 30.0 Å². The number of hydrogen-bond donors (Lipinski definition) is 6. The minimum atomic E-state index is -4.87. The molecule has 6 N–H and O–H groups in total. The summed E-state index contributed by atoms with van der Waals surface area (Å²) in [5.74, 6) is -5.66. The van der Waals surface area contributed by atoms with Crippen molar-refractivity contribution in [3.63, 3.8) is 0 Å². The number of carboxylic acid groups (broad SMARTS) is 1. The molecule has 0 aliphatic rings. The third-order valence-electron chi connectivity index (χ3n) is 7.09. The highest BCUT2D eigenvalue weighted by Gasteiger charge is 2.23. The van der Waals surface area contributed by atoms with E-state index in [-0.39, 0.29) is 38.2 Å². The van der Waals surface area contributed by atoms with Gasteiger partial charge in [0.1, 0.15) is 17.1 Å². The Labute approximate surface area is 334 Å². The molecule has 0 spiro atoms. The van der Waals surface area contributed by atoms with Crippen molar-refractivity contribution in [3.8, 4) is 11.5 Å². The zero-order valence-electron chi connectivity index (χ0n) is 29.7. The second kappa shape index (κ2) is 18.6. The quantitative estimate of drug-likeness (QED) is 0.0553. The first-order valence-corrected chi connectivity index (χ1v) is 21.9. The highest BCUT2D eigenvalue weighted by molar-refractivity contribution is 7.91. The Hall–Kier alpha value is -6.14. The summed E-state index contributed by atoms with van der Waals surface area (Å²) in [6.07, 6.45) is 0. The van der Waals surface area contributed by atoms with Crippen LogP contribution < -0.4 is 5.32 Å². The molecule has 4 rings (SSSR count). The van der Waals surface area contributed by atoms with Crippen molar-refractivity contribution in [3.05, 3.63) is 78.4 Å². The number of benzene rings is 4. The lowest BCUT2D eigenvalue weighted by Crippen LogP contribution is -2.15. The molecule has 4 aromatic rings. The van der Waals surface area contributed by atoms with Gasteiger partial charge in [0.2, 0.25) is 5.91 Å². The summed E-state index contributed by atoms with van der Waals surface area (Å²) in [5, 5.41) is 57.0. The van der Waals surface area contributed by atoms with E-state index < -0.39 is 106 Å². The number of nitrogens with one attached hydrogen (secondary N) is 1. The number of anilines is 1. The lowest BCUT2D eigenvalue weighted by molar-refractivity contribution is -0.114. The Bertz CT molecular complexity index is 2810. The van der Waals surface area contributed by atoms with Gasteiger partial charge in [0, 0.05) is 6.92 Å². The molecule has 0 atom stereocenters. The standard InChI is InChI=1S/C31H29N7O17S4/c1-18(39)32-26-16-21(7-10-25(26)36-34-20-3-2-4-23(15-20)57(46,47)14-12-55-59(51,52)53)35-38-29-27(40)17-24(31(42)43)28(30(29)41)37-33-19-5-8-22(9-6-19)56(44,45)13-11-54-58(48,49)50/h2-10,15-17,40-41H,11-14H2,1H3,(H,32,39)(H,42,43)(H,48,49,50)(H,51,52,53). The Morgan fingerprint density at radius 2 is 1.15 bits per heavy atom. The van der Waals surface area contributed by atoms with Crippen LogP contribution in [0.25, 0.3) is 0 Å². The van der Waals surface area contributed by atoms with Crippen LogP contribution >= 0.6 is 0 Å². The van der Waals surface area contributed by atoms with E-state index in [2.05, 4.69) is 44.4 Å². The minimum Gasteiger partial charge on any atom is -0.505 e. The number of phenols is 2. The van der Waals surface area contributed by atoms with Crippen LogP contribution in [0.3, 0.4) is 0 Å². The molecule has 0 radical (unpaired) electrons. The number of nitrogens with zero attached hydrogens (tertiary/aromatic N) is 6. The van der Waals surface area contributed by atoms with Crippen LogP contribution in [0.1, 0.15) is 17.3 Å². The highest BCUT2D eigenvalue weighted by Crippen LogP contribution is 2.47. The molecule has 314 valence electrons. The maximum absolute atomic E-state index is 12.6. The zero-order valence-corrected chi connectivity index (χ0v) is 33.0. The average molecular weight is 900 g/mol. The molecule has 0 aromatic heterocycles. The third kappa shape index (κ3) is 13.5. The molecule has 0 saturated heterocycles. The molecule has 0 bridgehead atoms. The van der Waals surface area contributed by atoms with Gasteiger partial charge in [0.05, 0.1) is 62.8 Å². The lowest BCUT2D eigenvalue weighted by Gasteiger charge is -2.09. The van der Waals surface area contributed by atoms with Crippen molar-refractivity contribution in [2.24, 2.45) is 30.7 Å². The number of aromatic hydroxyl groups is 2. The maximum atomic E-state index is 12.6. The fraction of sp³-hybridized carbons (Fsp3) is 0.161. The van der Waals surface area contributed by atoms with E-state index in [9.17, 15) is 58.6 Å². The van der Waals surface area contributed by atoms with E-state index in [0.29, 0.717) is 6.07 Å². The van der Waals surface area contributed by atoms with E-state index in [1.54, 1.807) is 0 Å². The molecule has 4 aromatic carbocycles. The molecular weight excluding hydrogens is 871 g/mol. The first-order chi connectivity index (χ1) is 27.4. The van der Waals surface area contributed by atoms with Gasteiger partial charge < -0.3 is 20.6 Å². The Kier molecular flexibility index (Phi) is 14.4. The van der Waals surface area contributed by atoms with E-state index in [1.807, 2.05) is 0 Å². The molecule has 0 fully saturated rings. The summed E-state index contributed by atoms with van der Waals surface area (Å²) in [7, 11) is -17.9. The van der Waals surface area contributed by atoms with Gasteiger partial charge >= 0.3 is 26.8 Å². The summed E-state index contributed by atoms with van der Waals surface area (Å²) in [6.45, 7) is -0.544. The van der Waals surface area contributed by atoms with Gasteiger partial charge in [-0.2, -0.15) is 32.2 Å². The molecule has 28 heteroatoms. The number of azo groups is 3. The number of rotatable bonds is 18. The first-order valence-electron chi connectivity index (χ1n) is 15.8. The van der Waals surface area contributed by atoms with Crippen molar-refractivity contribution >= 4 is 92.2 Å². The molecule has 0 aliphatic heterocycles. The summed E-state index contributed by atoms with van der Waals surface area (Å²) in [4.78, 5) is 23.4. The van der Waals surface area contributed by atoms with Gasteiger partial charge in [-0.1, -0.05) is 6.07 Å². The number of carbonyl (C=O) groups is 2. The van der Waals surface area contributed by atoms with Crippen LogP contribution in [-0.4, -0.2) is 94.7 Å². The maximum Gasteiger partial charge on any atom is 0.397 e. The third-order valence-corrected chi connectivity index (χ3v) is 11.4. The average Bonchev–Trinajstić information content (AvgIpc) is 3.12. The SMILES string of the molecule is CC(=O)Nc1cc(N=Nc2c(O)cc(C(=O)O)c(N=Nc3ccc(S(=O)(=O)CCOS(=O)(=O)O)cc3)c2O)ccc1N=Nc1cccc(S(=O)(=O)CCOS(=O)(=O)O)c1. The number of hydrogen-bond acceptors (Lipinski definition) is 20. The molecule has 0 saturated carbocycles. The highest BCUT2D eigenvalue weighted by atomic mass is 32.3. The Morgan fingerprint density at radius 3 is 1.73 bits per heavy atom. The molecule has 0 unspecified atom stereocenters. The summed E-state index contributed by atoms with van der Waals surface area (Å²) < 4.78 is 118. The Morgan fingerprint density at radius 1 is 0.627 bits per heavy atom. The van der Waals surface area contributed by atoms with Gasteiger partial charge in [-0.15, -0.1) is 15.3 Å². The monoisotopic (exact) mass is 899 g/mol. The van der Waals surface area contributed by atoms with E-state index in [4.69, 9.17) is 9.11 Å². The molecule has 1 amide bonds. The topological polar surface area (TPSA) is 376 Å². The van der Waals surface area contributed by atoms with E-state index in [0.717, 1.165) is 30.3 Å². The number of carbonyl (C=O) groups excluding carboxylic acids is 1. The van der Waals surface area contributed by atoms with Crippen LogP contribution in [0.4, 0.5) is 39.8 Å². The number of aromatic carboxylic acids is 1. The van der Waals surface area contributed by atoms with E-state index in [1.165, 1.54) is 43.3 Å². The summed E-state index contributed by atoms with van der Waals surface area (Å²) >= 11 is 0. The fourth-order valence-electron chi connectivity index (χ4n) is 4.48. The predicted octanol–water partition coefficient (Wildman–Crippen LogP) is 5.19. The smallest absolute Gasteiger partial charge is 0.397 e. The lowest BCUT2D eigenvalue weighted by atomic mass is 10.1. The molecular formula is C31H29N7O17S4. The van der Waals surface area contributed by atoms with Crippen molar-refractivity contribution in [1.82, 2.24) is 0 Å². The summed E-state index contributed by atoms with van der Waals surface area (Å²) in [5.41, 5.74) is -2.08. The van der Waals surface area contributed by atoms with Crippen LogP contribution in [0.5, 0.6) is 11.5 Å². The van der Waals surface area contributed by atoms with Gasteiger partial charge in [0.25, 0.3) is 0 Å². The van der Waals surface area contributed by atoms with Crippen molar-refractivity contribution in [2.45, 2.75) is 16.7 Å². The number of sulfone groups is 2. The normalized spacial score (nSPS) is 12.7. The molecule has 0 aliphatic carbocycles. The fourth-order valence-corrected chi connectivity index (χ4v) is 7.49. The van der Waals surface area contributed by atoms with Crippen molar-refractivity contribution in [2.75, 3.05) is 30.0 Å². The first kappa shape index (κ1) is 45.6. The van der Waals surface area contributed by atoms with Gasteiger partial charge in [-0.05, 0) is 66.7 Å². The van der Waals surface area contributed by atoms with Crippen molar-refractivity contribution in [1.29, 1.82) is 0 Å². The Balaban J connectivity index is 1.59. The van der Waals surface area contributed by atoms with Crippen LogP contribution in [0.2, 0.25) is 0 Å². The van der Waals surface area contributed by atoms with Crippen molar-refractivity contribution < 1.29 is 76.1 Å². The predicted molar refractivity (Wildman–Crippen MR) is 202 cm³/mol. The second-order valence-electron chi connectivity index (χ2n) is 11.4. The number of carboxylic acids is 1. The largest absolute Gasteiger partial charge is 0.505 e. The van der Waals surface area contributed by atoms with Gasteiger partial charge in [-0.3, -0.25) is 13.9 Å². The van der Waals surface area contributed by atoms with Gasteiger partial charge in [0.15, 0.2) is 31.1 Å². The molecule has 0 heterocycles. The van der Waals surface area contributed by atoms with Crippen LogP contribution in [0.15, 0.2) is 113 Å². The molecule has 59 heavy (non-hydrogen) atoms. The molecule has 24 nitrogen and oxygen atoms in total. The summed E-state index contributed by atoms with van der Waals surface area (Å²) in [6, 6.07) is 14.0. The number of amides is 1. The van der Waals surface area contributed by atoms with Crippen LogP contribution in [-0.2, 0) is 53.6 Å².